The van der Waals surface area contributed by atoms with Crippen LogP contribution in [-0.4, -0.2) is 32.1 Å². The van der Waals surface area contributed by atoms with Gasteiger partial charge in [-0.1, -0.05) is 13.5 Å². The Bertz CT molecular complexity index is 229. The van der Waals surface area contributed by atoms with E-state index in [-0.39, 0.29) is 6.61 Å². The summed E-state index contributed by atoms with van der Waals surface area (Å²) in [6.45, 7) is 8.68. The predicted molar refractivity (Wildman–Crippen MR) is 55.2 cm³/mol. The highest BCUT2D eigenvalue weighted by Crippen LogP contribution is 2.14. The quantitative estimate of drug-likeness (QED) is 0.525. The fourth-order valence-electron chi connectivity index (χ4n) is 1.18. The molecule has 0 saturated carbocycles. The van der Waals surface area contributed by atoms with Gasteiger partial charge in [0.1, 0.15) is 6.61 Å². The van der Waals surface area contributed by atoms with E-state index in [1.165, 1.54) is 0 Å². The van der Waals surface area contributed by atoms with E-state index in [1.807, 2.05) is 0 Å². The van der Waals surface area contributed by atoms with Crippen LogP contribution in [-0.2, 0) is 19.0 Å². The summed E-state index contributed by atoms with van der Waals surface area (Å²) in [7, 11) is 0. The Morgan fingerprint density at radius 2 is 2.07 bits per heavy atom. The fourth-order valence-corrected chi connectivity index (χ4v) is 1.18. The van der Waals surface area contributed by atoms with Gasteiger partial charge >= 0.3 is 5.97 Å². The van der Waals surface area contributed by atoms with Crippen molar-refractivity contribution in [3.05, 3.63) is 12.2 Å². The van der Waals surface area contributed by atoms with Crippen LogP contribution in [0.1, 0.15) is 20.3 Å². The van der Waals surface area contributed by atoms with Crippen LogP contribution in [0.2, 0.25) is 0 Å². The van der Waals surface area contributed by atoms with Crippen LogP contribution in [0.15, 0.2) is 12.2 Å². The average molecular weight is 214 g/mol. The maximum absolute atomic E-state index is 11.1. The van der Waals surface area contributed by atoms with Crippen LogP contribution in [0, 0.1) is 5.92 Å². The smallest absolute Gasteiger partial charge is 0.333 e. The maximum Gasteiger partial charge on any atom is 0.333 e. The third kappa shape index (κ3) is 4.01. The van der Waals surface area contributed by atoms with Crippen molar-refractivity contribution >= 4 is 5.97 Å². The minimum atomic E-state index is -0.420. The van der Waals surface area contributed by atoms with Crippen LogP contribution >= 0.6 is 0 Å². The SMILES string of the molecule is C=C(C)C(=O)OCC1OCC(CC)CO1. The van der Waals surface area contributed by atoms with Gasteiger partial charge in [0.05, 0.1) is 13.2 Å². The molecule has 1 aliphatic rings. The molecule has 4 nitrogen and oxygen atoms in total. The second-order valence-corrected chi connectivity index (χ2v) is 3.75. The zero-order valence-corrected chi connectivity index (χ0v) is 9.32. The van der Waals surface area contributed by atoms with Crippen LogP contribution < -0.4 is 0 Å². The van der Waals surface area contributed by atoms with Gasteiger partial charge in [-0.05, 0) is 13.3 Å². The largest absolute Gasteiger partial charge is 0.457 e. The molecule has 0 aromatic rings. The molecule has 0 aromatic carbocycles. The Kier molecular flexibility index (Phi) is 4.78. The molecule has 1 rings (SSSR count). The molecular weight excluding hydrogens is 196 g/mol. The van der Waals surface area contributed by atoms with Crippen molar-refractivity contribution in [2.75, 3.05) is 19.8 Å². The summed E-state index contributed by atoms with van der Waals surface area (Å²) in [5, 5.41) is 0. The summed E-state index contributed by atoms with van der Waals surface area (Å²) in [6, 6.07) is 0. The second-order valence-electron chi connectivity index (χ2n) is 3.75. The highest BCUT2D eigenvalue weighted by atomic mass is 16.7. The van der Waals surface area contributed by atoms with Gasteiger partial charge in [-0.25, -0.2) is 4.79 Å². The van der Waals surface area contributed by atoms with E-state index < -0.39 is 12.3 Å². The lowest BCUT2D eigenvalue weighted by atomic mass is 10.1. The average Bonchev–Trinajstić information content (AvgIpc) is 2.26. The molecule has 15 heavy (non-hydrogen) atoms. The third-order valence-electron chi connectivity index (χ3n) is 2.31. The third-order valence-corrected chi connectivity index (χ3v) is 2.31. The predicted octanol–water partition coefficient (Wildman–Crippen LogP) is 1.50. The highest BCUT2D eigenvalue weighted by Gasteiger charge is 2.22. The molecule has 1 heterocycles. The number of hydrogen-bond acceptors (Lipinski definition) is 4. The van der Waals surface area contributed by atoms with E-state index in [2.05, 4.69) is 13.5 Å². The molecule has 0 amide bonds. The molecule has 1 fully saturated rings. The Morgan fingerprint density at radius 1 is 1.47 bits per heavy atom. The Hall–Kier alpha value is -0.870. The molecule has 0 atom stereocenters. The molecule has 0 radical (unpaired) electrons. The van der Waals surface area contributed by atoms with Gasteiger partial charge in [0.25, 0.3) is 0 Å². The summed E-state index contributed by atoms with van der Waals surface area (Å²) in [5.41, 5.74) is 0.386. The molecule has 1 saturated heterocycles. The van der Waals surface area contributed by atoms with Gasteiger partial charge in [-0.3, -0.25) is 0 Å². The van der Waals surface area contributed by atoms with Gasteiger partial charge in [0.15, 0.2) is 6.29 Å². The molecule has 0 unspecified atom stereocenters. The van der Waals surface area contributed by atoms with Crippen molar-refractivity contribution in [2.24, 2.45) is 5.92 Å². The van der Waals surface area contributed by atoms with Crippen LogP contribution in [0.25, 0.3) is 0 Å². The zero-order chi connectivity index (χ0) is 11.3. The van der Waals surface area contributed by atoms with E-state index in [0.717, 1.165) is 6.42 Å². The van der Waals surface area contributed by atoms with E-state index in [9.17, 15) is 4.79 Å². The molecule has 0 aliphatic carbocycles. The zero-order valence-electron chi connectivity index (χ0n) is 9.32. The normalized spacial score (nSPS) is 26.0. The van der Waals surface area contributed by atoms with Crippen LogP contribution in [0.5, 0.6) is 0 Å². The van der Waals surface area contributed by atoms with Gasteiger partial charge < -0.3 is 14.2 Å². The lowest BCUT2D eigenvalue weighted by Crippen LogP contribution is -2.35. The number of carbonyl (C=O) groups excluding carboxylic acids is 1. The number of carbonyl (C=O) groups is 1. The van der Waals surface area contributed by atoms with Crippen LogP contribution in [0.4, 0.5) is 0 Å². The summed E-state index contributed by atoms with van der Waals surface area (Å²) in [4.78, 5) is 11.1. The summed E-state index contributed by atoms with van der Waals surface area (Å²) >= 11 is 0. The molecule has 1 aliphatic heterocycles. The van der Waals surface area contributed by atoms with Crippen molar-refractivity contribution in [1.82, 2.24) is 0 Å². The lowest BCUT2D eigenvalue weighted by molar-refractivity contribution is -0.220. The first kappa shape index (κ1) is 12.2. The Balaban J connectivity index is 2.19. The first-order chi connectivity index (χ1) is 7.13. The standard InChI is InChI=1S/C11H18O4/c1-4-9-5-13-10(14-6-9)7-15-11(12)8(2)3/h9-10H,2,4-7H2,1,3H3. The Labute approximate surface area is 90.2 Å². The first-order valence-electron chi connectivity index (χ1n) is 5.19. The molecule has 0 aromatic heterocycles. The van der Waals surface area contributed by atoms with E-state index in [4.69, 9.17) is 14.2 Å². The van der Waals surface area contributed by atoms with Gasteiger partial charge in [-0.15, -0.1) is 0 Å². The topological polar surface area (TPSA) is 44.8 Å². The molecule has 0 N–H and O–H groups in total. The molecule has 0 spiro atoms. The highest BCUT2D eigenvalue weighted by molar-refractivity contribution is 5.86. The monoisotopic (exact) mass is 214 g/mol. The van der Waals surface area contributed by atoms with Crippen molar-refractivity contribution in [3.8, 4) is 0 Å². The minimum absolute atomic E-state index is 0.141. The number of hydrogen-bond donors (Lipinski definition) is 0. The van der Waals surface area contributed by atoms with E-state index >= 15 is 0 Å². The van der Waals surface area contributed by atoms with Crippen molar-refractivity contribution in [1.29, 1.82) is 0 Å². The fraction of sp³-hybridized carbons (Fsp3) is 0.727. The first-order valence-corrected chi connectivity index (χ1v) is 5.19. The van der Waals surface area contributed by atoms with E-state index in [0.29, 0.717) is 24.7 Å². The summed E-state index contributed by atoms with van der Waals surface area (Å²) < 4.78 is 15.7. The molecule has 0 bridgehead atoms. The summed E-state index contributed by atoms with van der Waals surface area (Å²) in [6.07, 6.45) is 0.620. The van der Waals surface area contributed by atoms with Gasteiger partial charge in [0, 0.05) is 11.5 Å². The summed E-state index contributed by atoms with van der Waals surface area (Å²) in [5.74, 6) is 0.0536. The maximum atomic E-state index is 11.1. The van der Waals surface area contributed by atoms with Crippen molar-refractivity contribution < 1.29 is 19.0 Å². The second kappa shape index (κ2) is 5.88. The lowest BCUT2D eigenvalue weighted by Gasteiger charge is -2.28. The molecule has 86 valence electrons. The van der Waals surface area contributed by atoms with E-state index in [1.54, 1.807) is 6.92 Å². The number of esters is 1. The molecular formula is C11H18O4. The molecule has 4 heteroatoms. The minimum Gasteiger partial charge on any atom is -0.457 e. The number of ether oxygens (including phenoxy) is 3. The van der Waals surface area contributed by atoms with Gasteiger partial charge in [-0.2, -0.15) is 0 Å². The van der Waals surface area contributed by atoms with Crippen LogP contribution in [0.3, 0.4) is 0 Å². The number of rotatable bonds is 4. The van der Waals surface area contributed by atoms with Crippen molar-refractivity contribution in [2.45, 2.75) is 26.6 Å². The van der Waals surface area contributed by atoms with Crippen molar-refractivity contribution in [3.63, 3.8) is 0 Å². The Morgan fingerprint density at radius 3 is 2.53 bits per heavy atom. The van der Waals surface area contributed by atoms with Gasteiger partial charge in [0.2, 0.25) is 0 Å².